The summed E-state index contributed by atoms with van der Waals surface area (Å²) >= 11 is 0. The lowest BCUT2D eigenvalue weighted by Gasteiger charge is -2.35. The van der Waals surface area contributed by atoms with Crippen LogP contribution in [0.1, 0.15) is 37.7 Å². The Kier molecular flexibility index (Phi) is 3.03. The van der Waals surface area contributed by atoms with Gasteiger partial charge in [-0.05, 0) is 30.5 Å². The molecule has 1 saturated carbocycles. The Hall–Kier alpha value is -0.920. The van der Waals surface area contributed by atoms with Crippen LogP contribution in [0.25, 0.3) is 0 Å². The highest BCUT2D eigenvalue weighted by Gasteiger charge is 2.33. The van der Waals surface area contributed by atoms with Gasteiger partial charge in [-0.3, -0.25) is 4.39 Å². The van der Waals surface area contributed by atoms with Gasteiger partial charge in [-0.15, -0.1) is 0 Å². The van der Waals surface area contributed by atoms with E-state index in [-0.39, 0.29) is 17.9 Å². The van der Waals surface area contributed by atoms with Gasteiger partial charge in [-0.2, -0.15) is 0 Å². The minimum Gasteiger partial charge on any atom is -0.250 e. The summed E-state index contributed by atoms with van der Waals surface area (Å²) in [5.41, 5.74) is 0.637. The summed E-state index contributed by atoms with van der Waals surface area (Å²) in [6.45, 7) is -0.321. The standard InChI is InChI=1S/C13H16F2/c14-10-13(8-2-1-3-9-13)11-4-6-12(15)7-5-11/h4-7H,1-3,8-10H2. The zero-order chi connectivity index (χ0) is 10.7. The molecular weight excluding hydrogens is 194 g/mol. The molecule has 82 valence electrons. The molecule has 0 aromatic heterocycles. The predicted molar refractivity (Wildman–Crippen MR) is 57.1 cm³/mol. The Morgan fingerprint density at radius 1 is 1.00 bits per heavy atom. The molecule has 0 spiro atoms. The highest BCUT2D eigenvalue weighted by Crippen LogP contribution is 2.39. The molecule has 2 rings (SSSR count). The fourth-order valence-electron chi connectivity index (χ4n) is 2.53. The summed E-state index contributed by atoms with van der Waals surface area (Å²) in [4.78, 5) is 0. The average molecular weight is 210 g/mol. The zero-order valence-electron chi connectivity index (χ0n) is 8.81. The van der Waals surface area contributed by atoms with Gasteiger partial charge in [-0.25, -0.2) is 4.39 Å². The molecule has 0 saturated heterocycles. The number of halogens is 2. The molecule has 2 heteroatoms. The van der Waals surface area contributed by atoms with Crippen LogP contribution in [0, 0.1) is 5.82 Å². The van der Waals surface area contributed by atoms with Crippen LogP contribution < -0.4 is 0 Å². The first-order valence-corrected chi connectivity index (χ1v) is 5.59. The molecule has 0 heterocycles. The summed E-state index contributed by atoms with van der Waals surface area (Å²) in [5, 5.41) is 0. The number of rotatable bonds is 2. The van der Waals surface area contributed by atoms with E-state index in [1.807, 2.05) is 0 Å². The van der Waals surface area contributed by atoms with Gasteiger partial charge in [0.1, 0.15) is 5.82 Å². The van der Waals surface area contributed by atoms with Crippen LogP contribution in [0.3, 0.4) is 0 Å². The second kappa shape index (κ2) is 4.30. The Morgan fingerprint density at radius 2 is 1.60 bits per heavy atom. The third-order valence-electron chi connectivity index (χ3n) is 3.52. The third-order valence-corrected chi connectivity index (χ3v) is 3.52. The fourth-order valence-corrected chi connectivity index (χ4v) is 2.53. The summed E-state index contributed by atoms with van der Waals surface area (Å²) in [6, 6.07) is 6.34. The van der Waals surface area contributed by atoms with Gasteiger partial charge < -0.3 is 0 Å². The monoisotopic (exact) mass is 210 g/mol. The highest BCUT2D eigenvalue weighted by atomic mass is 19.1. The molecule has 1 aliphatic rings. The van der Waals surface area contributed by atoms with Crippen molar-refractivity contribution < 1.29 is 8.78 Å². The second-order valence-electron chi connectivity index (χ2n) is 4.48. The topological polar surface area (TPSA) is 0 Å². The second-order valence-corrected chi connectivity index (χ2v) is 4.48. The number of hydrogen-bond donors (Lipinski definition) is 0. The van der Waals surface area contributed by atoms with Gasteiger partial charge in [0.2, 0.25) is 0 Å². The van der Waals surface area contributed by atoms with Crippen LogP contribution in [-0.2, 0) is 5.41 Å². The Balaban J connectivity index is 2.28. The molecule has 0 N–H and O–H groups in total. The molecule has 0 bridgehead atoms. The summed E-state index contributed by atoms with van der Waals surface area (Å²) in [7, 11) is 0. The first kappa shape index (κ1) is 10.6. The van der Waals surface area contributed by atoms with E-state index in [4.69, 9.17) is 0 Å². The summed E-state index contributed by atoms with van der Waals surface area (Å²) < 4.78 is 26.0. The van der Waals surface area contributed by atoms with Crippen molar-refractivity contribution in [2.24, 2.45) is 0 Å². The number of hydrogen-bond acceptors (Lipinski definition) is 0. The number of benzene rings is 1. The maximum Gasteiger partial charge on any atom is 0.123 e. The average Bonchev–Trinajstić information content (AvgIpc) is 2.31. The minimum atomic E-state index is -0.327. The molecule has 1 aliphatic carbocycles. The Labute approximate surface area is 89.3 Å². The first-order chi connectivity index (χ1) is 7.27. The van der Waals surface area contributed by atoms with E-state index < -0.39 is 0 Å². The van der Waals surface area contributed by atoms with Gasteiger partial charge in [0.25, 0.3) is 0 Å². The van der Waals surface area contributed by atoms with E-state index >= 15 is 0 Å². The molecular formula is C13H16F2. The summed E-state index contributed by atoms with van der Waals surface area (Å²) in [6.07, 6.45) is 5.16. The van der Waals surface area contributed by atoms with Crippen LogP contribution in [0.4, 0.5) is 8.78 Å². The molecule has 0 radical (unpaired) electrons. The lowest BCUT2D eigenvalue weighted by Crippen LogP contribution is -2.31. The molecule has 0 amide bonds. The SMILES string of the molecule is FCC1(c2ccc(F)cc2)CCCCC1. The van der Waals surface area contributed by atoms with E-state index in [2.05, 4.69) is 0 Å². The largest absolute Gasteiger partial charge is 0.250 e. The quantitative estimate of drug-likeness (QED) is 0.692. The van der Waals surface area contributed by atoms with Gasteiger partial charge >= 0.3 is 0 Å². The maximum absolute atomic E-state index is 13.2. The normalized spacial score (nSPS) is 20.1. The first-order valence-electron chi connectivity index (χ1n) is 5.59. The number of alkyl halides is 1. The van der Waals surface area contributed by atoms with Crippen molar-refractivity contribution in [1.82, 2.24) is 0 Å². The highest BCUT2D eigenvalue weighted by molar-refractivity contribution is 5.26. The van der Waals surface area contributed by atoms with Crippen molar-refractivity contribution in [3.05, 3.63) is 35.6 Å². The van der Waals surface area contributed by atoms with Crippen molar-refractivity contribution >= 4 is 0 Å². The van der Waals surface area contributed by atoms with E-state index in [0.717, 1.165) is 31.2 Å². The smallest absolute Gasteiger partial charge is 0.123 e. The van der Waals surface area contributed by atoms with Gasteiger partial charge in [-0.1, -0.05) is 31.4 Å². The van der Waals surface area contributed by atoms with Crippen LogP contribution >= 0.6 is 0 Å². The summed E-state index contributed by atoms with van der Waals surface area (Å²) in [5.74, 6) is -0.247. The lowest BCUT2D eigenvalue weighted by atomic mass is 9.70. The van der Waals surface area contributed by atoms with Crippen molar-refractivity contribution in [3.8, 4) is 0 Å². The van der Waals surface area contributed by atoms with Crippen molar-refractivity contribution in [2.45, 2.75) is 37.5 Å². The molecule has 0 atom stereocenters. The zero-order valence-corrected chi connectivity index (χ0v) is 8.81. The van der Waals surface area contributed by atoms with Gasteiger partial charge in [0, 0.05) is 5.41 Å². The Bertz CT molecular complexity index is 310. The van der Waals surface area contributed by atoms with Crippen LogP contribution in [0.15, 0.2) is 24.3 Å². The Morgan fingerprint density at radius 3 is 2.13 bits per heavy atom. The molecule has 0 unspecified atom stereocenters. The molecule has 1 fully saturated rings. The van der Waals surface area contributed by atoms with Crippen LogP contribution in [0.5, 0.6) is 0 Å². The van der Waals surface area contributed by atoms with Gasteiger partial charge in [0.15, 0.2) is 0 Å². The molecule has 15 heavy (non-hydrogen) atoms. The van der Waals surface area contributed by atoms with Crippen LogP contribution in [0.2, 0.25) is 0 Å². The van der Waals surface area contributed by atoms with E-state index in [0.29, 0.717) is 0 Å². The van der Waals surface area contributed by atoms with E-state index in [1.54, 1.807) is 12.1 Å². The van der Waals surface area contributed by atoms with E-state index in [9.17, 15) is 8.78 Å². The minimum absolute atomic E-state index is 0.247. The van der Waals surface area contributed by atoms with Gasteiger partial charge in [0.05, 0.1) is 6.67 Å². The van der Waals surface area contributed by atoms with Crippen LogP contribution in [-0.4, -0.2) is 6.67 Å². The lowest BCUT2D eigenvalue weighted by molar-refractivity contribution is 0.226. The molecule has 0 aliphatic heterocycles. The maximum atomic E-state index is 13.2. The molecule has 1 aromatic rings. The molecule has 0 nitrogen and oxygen atoms in total. The van der Waals surface area contributed by atoms with E-state index in [1.165, 1.54) is 18.6 Å². The molecule has 1 aromatic carbocycles. The third kappa shape index (κ3) is 2.04. The van der Waals surface area contributed by atoms with Crippen molar-refractivity contribution in [3.63, 3.8) is 0 Å². The predicted octanol–water partition coefficient (Wildman–Crippen LogP) is 4.00. The fraction of sp³-hybridized carbons (Fsp3) is 0.538. The van der Waals surface area contributed by atoms with Crippen molar-refractivity contribution in [2.75, 3.05) is 6.67 Å². The van der Waals surface area contributed by atoms with Crippen molar-refractivity contribution in [1.29, 1.82) is 0 Å².